The Morgan fingerprint density at radius 3 is 2.52 bits per heavy atom. The van der Waals surface area contributed by atoms with Crippen molar-refractivity contribution in [3.63, 3.8) is 0 Å². The summed E-state index contributed by atoms with van der Waals surface area (Å²) in [5.74, 6) is 1.35. The molecule has 0 bridgehead atoms. The van der Waals surface area contributed by atoms with Gasteiger partial charge < -0.3 is 0 Å². The number of hydrogen-bond acceptors (Lipinski definition) is 1. The number of ether oxygens (including phenoxy) is 1. The third kappa shape index (κ3) is 3.75. The van der Waals surface area contributed by atoms with Crippen LogP contribution in [0.1, 0.15) is 31.2 Å². The van der Waals surface area contributed by atoms with E-state index in [-0.39, 0.29) is 0 Å². The summed E-state index contributed by atoms with van der Waals surface area (Å²) >= 11 is -0.410. The average Bonchev–Trinajstić information content (AvgIpc) is 2.88. The van der Waals surface area contributed by atoms with Gasteiger partial charge in [0.25, 0.3) is 0 Å². The van der Waals surface area contributed by atoms with Crippen LogP contribution < -0.4 is 3.61 Å². The maximum atomic E-state index is 12.5. The van der Waals surface area contributed by atoms with Gasteiger partial charge in [0.1, 0.15) is 0 Å². The van der Waals surface area contributed by atoms with Crippen molar-refractivity contribution < 1.29 is 17.9 Å². The van der Waals surface area contributed by atoms with E-state index in [1.807, 2.05) is 0 Å². The third-order valence-corrected chi connectivity index (χ3v) is 7.96. The minimum atomic E-state index is -4.23. The first-order chi connectivity index (χ1) is 10.0. The second kappa shape index (κ2) is 6.48. The molecule has 3 rings (SSSR count). The number of hydrogen-bond donors (Lipinski definition) is 0. The van der Waals surface area contributed by atoms with Gasteiger partial charge in [0, 0.05) is 0 Å². The van der Waals surface area contributed by atoms with Gasteiger partial charge in [-0.25, -0.2) is 0 Å². The predicted molar refractivity (Wildman–Crippen MR) is 76.8 cm³/mol. The molecule has 2 aliphatic rings. The minimum absolute atomic E-state index is 0.410. The second-order valence-electron chi connectivity index (χ2n) is 5.91. The predicted octanol–water partition coefficient (Wildman–Crippen LogP) is 3.66. The van der Waals surface area contributed by atoms with Crippen molar-refractivity contribution in [1.82, 2.24) is 0 Å². The van der Waals surface area contributed by atoms with Gasteiger partial charge in [-0.2, -0.15) is 0 Å². The fourth-order valence-corrected chi connectivity index (χ4v) is 6.44. The molecule has 3 atom stereocenters. The quantitative estimate of drug-likeness (QED) is 0.690. The first-order valence-electron chi connectivity index (χ1n) is 7.46. The Kier molecular flexibility index (Phi) is 4.83. The van der Waals surface area contributed by atoms with E-state index < -0.39 is 32.7 Å². The van der Waals surface area contributed by atoms with E-state index in [0.717, 1.165) is 14.7 Å². The van der Waals surface area contributed by atoms with Crippen molar-refractivity contribution in [3.05, 3.63) is 29.8 Å². The van der Waals surface area contributed by atoms with Crippen LogP contribution in [0.25, 0.3) is 0 Å². The molecule has 1 aromatic rings. The van der Waals surface area contributed by atoms with Crippen LogP contribution in [0.15, 0.2) is 24.3 Å². The van der Waals surface area contributed by atoms with Crippen molar-refractivity contribution in [1.29, 1.82) is 0 Å². The Hall–Kier alpha value is -0.240. The maximum absolute atomic E-state index is 12.5. The fourth-order valence-electron chi connectivity index (χ4n) is 3.36. The van der Waals surface area contributed by atoms with E-state index in [9.17, 15) is 13.2 Å². The zero-order chi connectivity index (χ0) is 14.9. The Bertz CT molecular complexity index is 471. The summed E-state index contributed by atoms with van der Waals surface area (Å²) in [6.45, 7) is 0.862. The zero-order valence-electron chi connectivity index (χ0n) is 11.7. The van der Waals surface area contributed by atoms with E-state index in [1.165, 1.54) is 37.8 Å². The molecule has 5 heteroatoms. The Balaban J connectivity index is 1.55. The number of fused-ring (bicyclic) bond motifs is 1. The molecule has 21 heavy (non-hydrogen) atoms. The molecule has 1 saturated heterocycles. The first kappa shape index (κ1) is 15.6. The van der Waals surface area contributed by atoms with Crippen LogP contribution in [0.5, 0.6) is 0 Å². The summed E-state index contributed by atoms with van der Waals surface area (Å²) in [6, 6.07) is 5.77. The monoisotopic (exact) mass is 414 g/mol. The van der Waals surface area contributed by atoms with E-state index >= 15 is 0 Å². The van der Waals surface area contributed by atoms with Gasteiger partial charge in [0.15, 0.2) is 0 Å². The van der Waals surface area contributed by atoms with Crippen molar-refractivity contribution in [2.24, 2.45) is 11.8 Å². The Morgan fingerprint density at radius 2 is 1.81 bits per heavy atom. The molecule has 1 saturated carbocycles. The van der Waals surface area contributed by atoms with Gasteiger partial charge in [0.05, 0.1) is 0 Å². The standard InChI is InChI=1S/C16H19F3OTe/c17-16(18,19)12-5-7-13(8-6-12)21-10-11-9-20-15-4-2-1-3-14(11)15/h5-8,11,14-15H,1-4,9-10H2/t11?,14-,15-/m0/s1. The second-order valence-corrected chi connectivity index (χ2v) is 9.03. The first-order valence-corrected chi connectivity index (χ1v) is 10.3. The van der Waals surface area contributed by atoms with E-state index in [2.05, 4.69) is 0 Å². The SMILES string of the molecule is FC(F)(F)c1ccc([Te]CC2CO[C@H]3CCCC[C@@H]23)cc1. The van der Waals surface area contributed by atoms with Crippen LogP contribution in [-0.4, -0.2) is 33.6 Å². The van der Waals surface area contributed by atoms with E-state index in [1.54, 1.807) is 12.1 Å². The summed E-state index contributed by atoms with van der Waals surface area (Å²) in [6.07, 6.45) is 1.29. The molecular weight excluding hydrogens is 393 g/mol. The van der Waals surface area contributed by atoms with Gasteiger partial charge in [-0.05, 0) is 0 Å². The number of halogens is 3. The van der Waals surface area contributed by atoms with Crippen molar-refractivity contribution in [3.8, 4) is 0 Å². The zero-order valence-corrected chi connectivity index (χ0v) is 14.1. The van der Waals surface area contributed by atoms with Crippen LogP contribution in [0.2, 0.25) is 4.47 Å². The molecule has 1 nitrogen and oxygen atoms in total. The Morgan fingerprint density at radius 1 is 1.10 bits per heavy atom. The van der Waals surface area contributed by atoms with Crippen molar-refractivity contribution in [2.45, 2.75) is 42.4 Å². The number of rotatable bonds is 3. The number of alkyl halides is 3. The van der Waals surface area contributed by atoms with Gasteiger partial charge >= 0.3 is 133 Å². The number of benzene rings is 1. The van der Waals surface area contributed by atoms with Crippen LogP contribution in [-0.2, 0) is 10.9 Å². The third-order valence-electron chi connectivity index (χ3n) is 4.53. The van der Waals surface area contributed by atoms with Crippen LogP contribution in [0, 0.1) is 11.8 Å². The van der Waals surface area contributed by atoms with Crippen molar-refractivity contribution >= 4 is 24.5 Å². The average molecular weight is 412 g/mol. The van der Waals surface area contributed by atoms with E-state index in [4.69, 9.17) is 4.74 Å². The summed E-state index contributed by atoms with van der Waals surface area (Å²) in [5.41, 5.74) is -0.546. The molecule has 116 valence electrons. The molecule has 1 aliphatic carbocycles. The molecule has 1 aliphatic heterocycles. The molecule has 1 unspecified atom stereocenters. The van der Waals surface area contributed by atoms with Gasteiger partial charge in [-0.1, -0.05) is 0 Å². The summed E-state index contributed by atoms with van der Waals surface area (Å²) in [4.78, 5) is 0. The molecule has 0 aromatic heterocycles. The Labute approximate surface area is 133 Å². The molecular formula is C16H19F3OTe. The van der Waals surface area contributed by atoms with E-state index in [0.29, 0.717) is 17.9 Å². The molecule has 1 aromatic carbocycles. The molecule has 1 heterocycles. The molecule has 0 spiro atoms. The van der Waals surface area contributed by atoms with Crippen LogP contribution >= 0.6 is 0 Å². The van der Waals surface area contributed by atoms with Gasteiger partial charge in [-0.15, -0.1) is 0 Å². The molecule has 0 radical (unpaired) electrons. The molecule has 2 fully saturated rings. The fraction of sp³-hybridized carbons (Fsp3) is 0.625. The van der Waals surface area contributed by atoms with Crippen LogP contribution in [0.4, 0.5) is 13.2 Å². The van der Waals surface area contributed by atoms with Crippen molar-refractivity contribution in [2.75, 3.05) is 6.61 Å². The summed E-state index contributed by atoms with van der Waals surface area (Å²) < 4.78 is 45.8. The van der Waals surface area contributed by atoms with Gasteiger partial charge in [0.2, 0.25) is 0 Å². The summed E-state index contributed by atoms with van der Waals surface area (Å²) in [5, 5.41) is 0. The topological polar surface area (TPSA) is 9.23 Å². The molecule has 0 N–H and O–H groups in total. The van der Waals surface area contributed by atoms with Gasteiger partial charge in [-0.3, -0.25) is 0 Å². The normalized spacial score (nSPS) is 29.4. The van der Waals surface area contributed by atoms with Crippen LogP contribution in [0.3, 0.4) is 0 Å². The summed E-state index contributed by atoms with van der Waals surface area (Å²) in [7, 11) is 0. The molecule has 0 amide bonds.